The second kappa shape index (κ2) is 5.99. The van der Waals surface area contributed by atoms with E-state index in [0.717, 1.165) is 22.1 Å². The number of amides is 1. The number of nitrogens with one attached hydrogen (secondary N) is 1. The molecular formula is C16H19NO4. The molecule has 0 saturated carbocycles. The molecule has 0 aliphatic rings. The van der Waals surface area contributed by atoms with E-state index in [0.29, 0.717) is 0 Å². The molecule has 1 aromatic heterocycles. The summed E-state index contributed by atoms with van der Waals surface area (Å²) in [5.41, 5.74) is 2.57. The van der Waals surface area contributed by atoms with Gasteiger partial charge in [-0.3, -0.25) is 4.79 Å². The standard InChI is InChI=1S/C16H19NO4/c1-9(2)15(16(19)20)17-14(18)7-11-8-21-13-5-4-10(3)6-12(11)13/h4-6,8-9,15H,7H2,1-3H3,(H,17,18)(H,19,20)/t15-/m0/s1. The molecule has 112 valence electrons. The fourth-order valence-corrected chi connectivity index (χ4v) is 2.24. The van der Waals surface area contributed by atoms with Gasteiger partial charge in [0.2, 0.25) is 5.91 Å². The lowest BCUT2D eigenvalue weighted by Gasteiger charge is -2.17. The third-order valence-corrected chi connectivity index (χ3v) is 3.41. The van der Waals surface area contributed by atoms with Crippen molar-refractivity contribution < 1.29 is 19.1 Å². The van der Waals surface area contributed by atoms with Crippen molar-refractivity contribution in [3.63, 3.8) is 0 Å². The number of carboxylic acid groups (broad SMARTS) is 1. The molecule has 1 heterocycles. The molecule has 2 aromatic rings. The Morgan fingerprint density at radius 2 is 2.05 bits per heavy atom. The summed E-state index contributed by atoms with van der Waals surface area (Å²) in [4.78, 5) is 23.1. The number of aryl methyl sites for hydroxylation is 1. The fourth-order valence-electron chi connectivity index (χ4n) is 2.24. The average Bonchev–Trinajstić information content (AvgIpc) is 2.78. The minimum absolute atomic E-state index is 0.104. The second-order valence-corrected chi connectivity index (χ2v) is 5.56. The number of carboxylic acids is 1. The monoisotopic (exact) mass is 289 g/mol. The molecule has 21 heavy (non-hydrogen) atoms. The molecule has 0 saturated heterocycles. The van der Waals surface area contributed by atoms with Crippen molar-refractivity contribution in [3.8, 4) is 0 Å². The number of fused-ring (bicyclic) bond motifs is 1. The van der Waals surface area contributed by atoms with Gasteiger partial charge in [-0.05, 0) is 25.0 Å². The van der Waals surface area contributed by atoms with Gasteiger partial charge in [-0.25, -0.2) is 4.79 Å². The van der Waals surface area contributed by atoms with Crippen molar-refractivity contribution in [1.29, 1.82) is 0 Å². The Balaban J connectivity index is 2.14. The van der Waals surface area contributed by atoms with E-state index >= 15 is 0 Å². The van der Waals surface area contributed by atoms with Gasteiger partial charge in [0, 0.05) is 10.9 Å². The summed E-state index contributed by atoms with van der Waals surface area (Å²) in [5, 5.41) is 12.5. The molecule has 1 aromatic carbocycles. The number of rotatable bonds is 5. The Kier molecular flexibility index (Phi) is 4.31. The Hall–Kier alpha value is -2.30. The number of hydrogen-bond acceptors (Lipinski definition) is 3. The number of aliphatic carboxylic acids is 1. The predicted octanol–water partition coefficient (Wildman–Crippen LogP) is 2.51. The molecule has 0 aliphatic carbocycles. The highest BCUT2D eigenvalue weighted by atomic mass is 16.4. The Labute approximate surface area is 122 Å². The van der Waals surface area contributed by atoms with Crippen LogP contribution in [-0.4, -0.2) is 23.0 Å². The summed E-state index contributed by atoms with van der Waals surface area (Å²) >= 11 is 0. The SMILES string of the molecule is Cc1ccc2occ(CC(=O)N[C@H](C(=O)O)C(C)C)c2c1. The van der Waals surface area contributed by atoms with Crippen LogP contribution in [0.2, 0.25) is 0 Å². The van der Waals surface area contributed by atoms with Gasteiger partial charge in [0.25, 0.3) is 0 Å². The number of carbonyl (C=O) groups excluding carboxylic acids is 1. The third-order valence-electron chi connectivity index (χ3n) is 3.41. The van der Waals surface area contributed by atoms with E-state index in [1.165, 1.54) is 0 Å². The quantitative estimate of drug-likeness (QED) is 0.886. The lowest BCUT2D eigenvalue weighted by molar-refractivity contribution is -0.143. The van der Waals surface area contributed by atoms with Crippen LogP contribution < -0.4 is 5.32 Å². The molecule has 0 aliphatic heterocycles. The molecule has 0 spiro atoms. The van der Waals surface area contributed by atoms with Crippen molar-refractivity contribution in [2.75, 3.05) is 0 Å². The van der Waals surface area contributed by atoms with Crippen LogP contribution in [-0.2, 0) is 16.0 Å². The molecule has 0 fully saturated rings. The van der Waals surface area contributed by atoms with Gasteiger partial charge >= 0.3 is 5.97 Å². The van der Waals surface area contributed by atoms with E-state index in [1.54, 1.807) is 20.1 Å². The van der Waals surface area contributed by atoms with Gasteiger partial charge in [-0.2, -0.15) is 0 Å². The normalized spacial score (nSPS) is 12.6. The Bertz CT molecular complexity index is 672. The molecule has 5 heteroatoms. The van der Waals surface area contributed by atoms with E-state index in [9.17, 15) is 9.59 Å². The van der Waals surface area contributed by atoms with Crippen LogP contribution in [0.3, 0.4) is 0 Å². The molecule has 1 amide bonds. The minimum atomic E-state index is -1.02. The van der Waals surface area contributed by atoms with Crippen molar-refractivity contribution in [2.24, 2.45) is 5.92 Å². The van der Waals surface area contributed by atoms with E-state index < -0.39 is 12.0 Å². The van der Waals surface area contributed by atoms with Crippen LogP contribution in [0.4, 0.5) is 0 Å². The van der Waals surface area contributed by atoms with Crippen LogP contribution in [0.15, 0.2) is 28.9 Å². The first-order valence-corrected chi connectivity index (χ1v) is 6.87. The zero-order chi connectivity index (χ0) is 15.6. The van der Waals surface area contributed by atoms with Gasteiger partial charge in [0.05, 0.1) is 12.7 Å². The molecule has 0 unspecified atom stereocenters. The third kappa shape index (κ3) is 3.42. The summed E-state index contributed by atoms with van der Waals surface area (Å²) in [5.74, 6) is -1.51. The molecule has 0 bridgehead atoms. The van der Waals surface area contributed by atoms with Crippen LogP contribution >= 0.6 is 0 Å². The van der Waals surface area contributed by atoms with Crippen LogP contribution in [0.25, 0.3) is 11.0 Å². The summed E-state index contributed by atoms with van der Waals surface area (Å²) in [6.07, 6.45) is 1.65. The largest absolute Gasteiger partial charge is 0.480 e. The number of furan rings is 1. The average molecular weight is 289 g/mol. The maximum absolute atomic E-state index is 12.0. The second-order valence-electron chi connectivity index (χ2n) is 5.56. The fraction of sp³-hybridized carbons (Fsp3) is 0.375. The van der Waals surface area contributed by atoms with E-state index in [-0.39, 0.29) is 18.2 Å². The summed E-state index contributed by atoms with van der Waals surface area (Å²) < 4.78 is 5.41. The molecule has 5 nitrogen and oxygen atoms in total. The van der Waals surface area contributed by atoms with Gasteiger partial charge in [-0.15, -0.1) is 0 Å². The lowest BCUT2D eigenvalue weighted by atomic mass is 10.0. The Morgan fingerprint density at radius 3 is 2.67 bits per heavy atom. The van der Waals surface area contributed by atoms with Crippen LogP contribution in [0.1, 0.15) is 25.0 Å². The maximum Gasteiger partial charge on any atom is 0.326 e. The minimum Gasteiger partial charge on any atom is -0.480 e. The van der Waals surface area contributed by atoms with Crippen LogP contribution in [0, 0.1) is 12.8 Å². The van der Waals surface area contributed by atoms with Crippen molar-refractivity contribution in [3.05, 3.63) is 35.6 Å². The zero-order valence-corrected chi connectivity index (χ0v) is 12.3. The first-order valence-electron chi connectivity index (χ1n) is 6.87. The maximum atomic E-state index is 12.0. The van der Waals surface area contributed by atoms with E-state index in [4.69, 9.17) is 9.52 Å². The summed E-state index contributed by atoms with van der Waals surface area (Å²) in [6.45, 7) is 5.49. The van der Waals surface area contributed by atoms with Crippen molar-refractivity contribution in [1.82, 2.24) is 5.32 Å². The highest BCUT2D eigenvalue weighted by molar-refractivity contribution is 5.90. The first kappa shape index (κ1) is 15.1. The van der Waals surface area contributed by atoms with E-state index in [2.05, 4.69) is 5.32 Å². The summed E-state index contributed by atoms with van der Waals surface area (Å²) in [7, 11) is 0. The van der Waals surface area contributed by atoms with Crippen molar-refractivity contribution in [2.45, 2.75) is 33.2 Å². The number of benzene rings is 1. The summed E-state index contributed by atoms with van der Waals surface area (Å²) in [6, 6.07) is 4.88. The highest BCUT2D eigenvalue weighted by Crippen LogP contribution is 2.22. The van der Waals surface area contributed by atoms with Gasteiger partial charge in [0.15, 0.2) is 0 Å². The number of hydrogen-bond donors (Lipinski definition) is 2. The first-order chi connectivity index (χ1) is 9.88. The van der Waals surface area contributed by atoms with E-state index in [1.807, 2.05) is 25.1 Å². The van der Waals surface area contributed by atoms with Crippen LogP contribution in [0.5, 0.6) is 0 Å². The van der Waals surface area contributed by atoms with Crippen molar-refractivity contribution >= 4 is 22.8 Å². The lowest BCUT2D eigenvalue weighted by Crippen LogP contribution is -2.44. The van der Waals surface area contributed by atoms with Gasteiger partial charge in [-0.1, -0.05) is 25.5 Å². The highest BCUT2D eigenvalue weighted by Gasteiger charge is 2.23. The smallest absolute Gasteiger partial charge is 0.326 e. The molecule has 2 N–H and O–H groups in total. The van der Waals surface area contributed by atoms with Gasteiger partial charge < -0.3 is 14.8 Å². The topological polar surface area (TPSA) is 79.5 Å². The molecular weight excluding hydrogens is 270 g/mol. The number of carbonyl (C=O) groups is 2. The van der Waals surface area contributed by atoms with Gasteiger partial charge in [0.1, 0.15) is 11.6 Å². The molecule has 1 atom stereocenters. The molecule has 2 rings (SSSR count). The zero-order valence-electron chi connectivity index (χ0n) is 12.3. The molecule has 0 radical (unpaired) electrons. The predicted molar refractivity (Wildman–Crippen MR) is 79.1 cm³/mol. The Morgan fingerprint density at radius 1 is 1.33 bits per heavy atom.